The quantitative estimate of drug-likeness (QED) is 0.593. The molecule has 0 saturated heterocycles. The molecule has 16 heavy (non-hydrogen) atoms. The molecule has 0 radical (unpaired) electrons. The van der Waals surface area contributed by atoms with E-state index >= 15 is 0 Å². The molecule has 80 valence electrons. The van der Waals surface area contributed by atoms with Crippen molar-refractivity contribution in [3.8, 4) is 5.75 Å². The Hall–Kier alpha value is -2.30. The average Bonchev–Trinajstić information content (AvgIpc) is 2.55. The number of aromatic nitrogens is 3. The number of hydrogen-bond donors (Lipinski definition) is 2. The van der Waals surface area contributed by atoms with E-state index < -0.39 is 0 Å². The van der Waals surface area contributed by atoms with Crippen LogP contribution in [0.5, 0.6) is 5.75 Å². The van der Waals surface area contributed by atoms with Gasteiger partial charge in [0.2, 0.25) is 5.95 Å². The van der Waals surface area contributed by atoms with Crippen LogP contribution in [0.4, 0.5) is 5.95 Å². The van der Waals surface area contributed by atoms with Gasteiger partial charge in [0.15, 0.2) is 5.75 Å². The Morgan fingerprint density at radius 2 is 2.25 bits per heavy atom. The number of benzene rings is 1. The normalized spacial score (nSPS) is 11.3. The highest BCUT2D eigenvalue weighted by atomic mass is 16.3. The van der Waals surface area contributed by atoms with Crippen molar-refractivity contribution in [3.05, 3.63) is 24.4 Å². The Balaban J connectivity index is 2.61. The van der Waals surface area contributed by atoms with Crippen LogP contribution in [0.1, 0.15) is 0 Å². The minimum Gasteiger partial charge on any atom is -0.504 e. The number of phenolic OH excluding ortho intramolecular Hbond substituents is 1. The second-order valence-corrected chi connectivity index (χ2v) is 3.70. The van der Waals surface area contributed by atoms with E-state index in [1.54, 1.807) is 17.8 Å². The molecule has 3 rings (SSSR count). The van der Waals surface area contributed by atoms with Gasteiger partial charge in [-0.2, -0.15) is 0 Å². The number of phenols is 1. The van der Waals surface area contributed by atoms with Crippen LogP contribution in [0, 0.1) is 0 Å². The van der Waals surface area contributed by atoms with Crippen LogP contribution in [0.2, 0.25) is 0 Å². The number of nitrogen functional groups attached to an aromatic ring is 1. The maximum absolute atomic E-state index is 10.1. The minimum absolute atomic E-state index is 0.125. The summed E-state index contributed by atoms with van der Waals surface area (Å²) in [5, 5.41) is 11.0. The predicted molar refractivity (Wildman–Crippen MR) is 62.1 cm³/mol. The number of aryl methyl sites for hydroxylation is 1. The molecule has 0 spiro atoms. The van der Waals surface area contributed by atoms with E-state index in [0.29, 0.717) is 22.5 Å². The Morgan fingerprint density at radius 3 is 3.06 bits per heavy atom. The fourth-order valence-corrected chi connectivity index (χ4v) is 1.91. The molecule has 0 aliphatic heterocycles. The third-order valence-electron chi connectivity index (χ3n) is 2.74. The van der Waals surface area contributed by atoms with Crippen LogP contribution in [0.15, 0.2) is 24.4 Å². The first kappa shape index (κ1) is 8.96. The van der Waals surface area contributed by atoms with Gasteiger partial charge >= 0.3 is 0 Å². The van der Waals surface area contributed by atoms with Crippen LogP contribution in [0.3, 0.4) is 0 Å². The number of hydrogen-bond acceptors (Lipinski definition) is 4. The smallest absolute Gasteiger partial charge is 0.201 e. The highest BCUT2D eigenvalue weighted by Crippen LogP contribution is 2.32. The van der Waals surface area contributed by atoms with E-state index in [4.69, 9.17) is 5.73 Å². The molecule has 2 aromatic heterocycles. The molecular weight excluding hydrogens is 204 g/mol. The number of fused-ring (bicyclic) bond motifs is 2. The predicted octanol–water partition coefficient (Wildman–Crippen LogP) is 1.41. The number of nitrogens with two attached hydrogens (primary N) is 1. The molecule has 0 atom stereocenters. The van der Waals surface area contributed by atoms with E-state index in [1.807, 2.05) is 18.2 Å². The van der Waals surface area contributed by atoms with Crippen molar-refractivity contribution in [2.75, 3.05) is 5.73 Å². The van der Waals surface area contributed by atoms with Crippen LogP contribution >= 0.6 is 0 Å². The Labute approximate surface area is 91.2 Å². The summed E-state index contributed by atoms with van der Waals surface area (Å²) in [6.07, 6.45) is 1.65. The first-order valence-electron chi connectivity index (χ1n) is 4.87. The first-order chi connectivity index (χ1) is 7.68. The molecule has 3 aromatic rings. The van der Waals surface area contributed by atoms with Crippen LogP contribution in [-0.4, -0.2) is 19.6 Å². The van der Waals surface area contributed by atoms with Gasteiger partial charge in [0.25, 0.3) is 0 Å². The van der Waals surface area contributed by atoms with E-state index in [2.05, 4.69) is 9.97 Å². The third-order valence-corrected chi connectivity index (χ3v) is 2.74. The zero-order valence-corrected chi connectivity index (χ0v) is 8.68. The number of rotatable bonds is 0. The lowest BCUT2D eigenvalue weighted by molar-refractivity contribution is 0.484. The molecule has 0 fully saturated rings. The van der Waals surface area contributed by atoms with Crippen molar-refractivity contribution in [1.29, 1.82) is 0 Å². The molecule has 5 heteroatoms. The summed E-state index contributed by atoms with van der Waals surface area (Å²) in [5.74, 6) is 0.500. The summed E-state index contributed by atoms with van der Waals surface area (Å²) < 4.78 is 1.65. The highest BCUT2D eigenvalue weighted by molar-refractivity contribution is 6.01. The molecule has 5 nitrogen and oxygen atoms in total. The molecule has 0 bridgehead atoms. The molecule has 0 amide bonds. The molecular formula is C11H10N4O. The zero-order valence-electron chi connectivity index (χ0n) is 8.68. The Bertz CT molecular complexity index is 702. The fraction of sp³-hybridized carbons (Fsp3) is 0.0909. The lowest BCUT2D eigenvalue weighted by Gasteiger charge is -2.03. The molecule has 0 saturated carbocycles. The van der Waals surface area contributed by atoms with Gasteiger partial charge in [-0.15, -0.1) is 0 Å². The molecule has 3 N–H and O–H groups in total. The molecule has 0 unspecified atom stereocenters. The van der Waals surface area contributed by atoms with Crippen molar-refractivity contribution in [3.63, 3.8) is 0 Å². The summed E-state index contributed by atoms with van der Waals surface area (Å²) >= 11 is 0. The molecule has 1 aromatic carbocycles. The van der Waals surface area contributed by atoms with Crippen molar-refractivity contribution >= 4 is 27.9 Å². The van der Waals surface area contributed by atoms with E-state index in [1.165, 1.54) is 0 Å². The van der Waals surface area contributed by atoms with Crippen LogP contribution in [0.25, 0.3) is 21.9 Å². The molecule has 0 aliphatic carbocycles. The number of aromatic hydroxyl groups is 1. The van der Waals surface area contributed by atoms with E-state index in [-0.39, 0.29) is 5.75 Å². The van der Waals surface area contributed by atoms with Crippen molar-refractivity contribution < 1.29 is 5.11 Å². The number of nitrogens with zero attached hydrogens (tertiary/aromatic N) is 3. The van der Waals surface area contributed by atoms with Crippen LogP contribution in [-0.2, 0) is 7.05 Å². The Kier molecular flexibility index (Phi) is 1.60. The monoisotopic (exact) mass is 214 g/mol. The molecule has 2 heterocycles. The van der Waals surface area contributed by atoms with Gasteiger partial charge in [-0.25, -0.2) is 4.98 Å². The first-order valence-corrected chi connectivity index (χ1v) is 4.87. The van der Waals surface area contributed by atoms with Gasteiger partial charge < -0.3 is 15.4 Å². The summed E-state index contributed by atoms with van der Waals surface area (Å²) in [6.45, 7) is 0. The maximum atomic E-state index is 10.1. The highest BCUT2D eigenvalue weighted by Gasteiger charge is 2.13. The summed E-state index contributed by atoms with van der Waals surface area (Å²) in [7, 11) is 1.76. The standard InChI is InChI=1S/C11H10N4O/c1-15-9-7(14-11(15)12)5-6-3-2-4-13-8(6)10(9)16/h2-5,16H,1H3,(H2,12,14). The number of anilines is 1. The van der Waals surface area contributed by atoms with Gasteiger partial charge in [-0.05, 0) is 12.1 Å². The topological polar surface area (TPSA) is 77.0 Å². The zero-order chi connectivity index (χ0) is 11.3. The van der Waals surface area contributed by atoms with Crippen molar-refractivity contribution in [1.82, 2.24) is 14.5 Å². The molecule has 0 aliphatic rings. The van der Waals surface area contributed by atoms with Gasteiger partial charge in [0.1, 0.15) is 11.0 Å². The minimum atomic E-state index is 0.125. The van der Waals surface area contributed by atoms with Crippen LogP contribution < -0.4 is 5.73 Å². The third kappa shape index (κ3) is 0.995. The lowest BCUT2D eigenvalue weighted by Crippen LogP contribution is -1.96. The summed E-state index contributed by atoms with van der Waals surface area (Å²) in [4.78, 5) is 8.33. The maximum Gasteiger partial charge on any atom is 0.201 e. The number of pyridine rings is 1. The second kappa shape index (κ2) is 2.85. The lowest BCUT2D eigenvalue weighted by atomic mass is 10.2. The van der Waals surface area contributed by atoms with Crippen molar-refractivity contribution in [2.24, 2.45) is 7.05 Å². The van der Waals surface area contributed by atoms with E-state index in [9.17, 15) is 5.11 Å². The van der Waals surface area contributed by atoms with Gasteiger partial charge in [0, 0.05) is 18.6 Å². The van der Waals surface area contributed by atoms with Gasteiger partial charge in [-0.3, -0.25) is 4.98 Å². The van der Waals surface area contributed by atoms with Gasteiger partial charge in [0.05, 0.1) is 5.52 Å². The SMILES string of the molecule is Cn1c(N)nc2cc3cccnc3c(O)c21. The van der Waals surface area contributed by atoms with Crippen molar-refractivity contribution in [2.45, 2.75) is 0 Å². The van der Waals surface area contributed by atoms with Gasteiger partial charge in [-0.1, -0.05) is 6.07 Å². The summed E-state index contributed by atoms with van der Waals surface area (Å²) in [6, 6.07) is 5.57. The number of imidazole rings is 1. The summed E-state index contributed by atoms with van der Waals surface area (Å²) in [5.41, 5.74) is 7.57. The second-order valence-electron chi connectivity index (χ2n) is 3.70. The largest absolute Gasteiger partial charge is 0.504 e. The Morgan fingerprint density at radius 1 is 1.44 bits per heavy atom. The average molecular weight is 214 g/mol. The fourth-order valence-electron chi connectivity index (χ4n) is 1.91. The van der Waals surface area contributed by atoms with E-state index in [0.717, 1.165) is 5.39 Å².